The molecule has 3 aromatic rings. The van der Waals surface area contributed by atoms with Gasteiger partial charge in [-0.05, 0) is 63.1 Å². The lowest BCUT2D eigenvalue weighted by atomic mass is 9.97. The maximum absolute atomic E-state index is 12.1. The molecule has 0 saturated carbocycles. The van der Waals surface area contributed by atoms with E-state index in [9.17, 15) is 18.3 Å². The average Bonchev–Trinajstić information content (AvgIpc) is 3.16. The maximum Gasteiger partial charge on any atom is 0.264 e. The zero-order valence-corrected chi connectivity index (χ0v) is 19.8. The highest BCUT2D eigenvalue weighted by atomic mass is 32.2. The largest absolute Gasteiger partial charge is 0.386 e. The quantitative estimate of drug-likeness (QED) is 0.289. The first-order chi connectivity index (χ1) is 15.3. The summed E-state index contributed by atoms with van der Waals surface area (Å²) in [6, 6.07) is 13.0. The molecular weight excluding hydrogens is 442 g/mol. The van der Waals surface area contributed by atoms with Gasteiger partial charge in [-0.15, -0.1) is 0 Å². The average molecular weight is 470 g/mol. The van der Waals surface area contributed by atoms with Crippen molar-refractivity contribution in [1.82, 2.24) is 15.3 Å². The highest BCUT2D eigenvalue weighted by molar-refractivity contribution is 7.92. The van der Waals surface area contributed by atoms with Gasteiger partial charge in [-0.3, -0.25) is 14.7 Å². The third-order valence-electron chi connectivity index (χ3n) is 5.79. The molecule has 0 aliphatic heterocycles. The topological polar surface area (TPSA) is 122 Å². The van der Waals surface area contributed by atoms with Crippen LogP contribution in [0.4, 0.5) is 0 Å². The smallest absolute Gasteiger partial charge is 0.264 e. The van der Waals surface area contributed by atoms with Gasteiger partial charge in [0.05, 0.1) is 17.3 Å². The van der Waals surface area contributed by atoms with E-state index in [-0.39, 0.29) is 13.0 Å². The minimum atomic E-state index is -3.78. The molecule has 1 amide bonds. The Hall–Kier alpha value is -3.19. The van der Waals surface area contributed by atoms with Gasteiger partial charge in [-0.1, -0.05) is 24.0 Å². The Morgan fingerprint density at radius 1 is 1.09 bits per heavy atom. The molecule has 0 fully saturated rings. The Bertz CT molecular complexity index is 1340. The molecule has 8 nitrogen and oxygen atoms in total. The van der Waals surface area contributed by atoms with Crippen LogP contribution in [0.1, 0.15) is 43.9 Å². The van der Waals surface area contributed by atoms with Crippen molar-refractivity contribution in [1.29, 1.82) is 0 Å². The second-order valence-corrected chi connectivity index (χ2v) is 11.2. The molecule has 0 radical (unpaired) electrons. The summed E-state index contributed by atoms with van der Waals surface area (Å²) in [4.78, 5) is 12.0. The monoisotopic (exact) mass is 469 g/mol. The zero-order valence-electron chi connectivity index (χ0n) is 19.0. The van der Waals surface area contributed by atoms with Crippen molar-refractivity contribution in [2.45, 2.75) is 44.1 Å². The van der Waals surface area contributed by atoms with E-state index in [0.717, 1.165) is 33.8 Å². The number of hydrogen-bond acceptors (Lipinski definition) is 6. The second-order valence-electron chi connectivity index (χ2n) is 8.72. The van der Waals surface area contributed by atoms with Gasteiger partial charge in [0, 0.05) is 29.3 Å². The van der Waals surface area contributed by atoms with E-state index in [1.165, 1.54) is 12.4 Å². The Balaban J connectivity index is 1.80. The molecule has 0 aliphatic rings. The van der Waals surface area contributed by atoms with Crippen molar-refractivity contribution in [3.63, 3.8) is 0 Å². The number of hydroxylamine groups is 1. The Kier molecular flexibility index (Phi) is 6.65. The minimum absolute atomic E-state index is 0.0583. The lowest BCUT2D eigenvalue weighted by Gasteiger charge is -2.25. The fourth-order valence-corrected chi connectivity index (χ4v) is 4.20. The number of aromatic nitrogens is 2. The van der Waals surface area contributed by atoms with E-state index < -0.39 is 26.1 Å². The fraction of sp³-hybridized carbons (Fsp3) is 0.333. The molecule has 1 atom stereocenters. The molecule has 33 heavy (non-hydrogen) atoms. The SMILES string of the molecule is CC(C)(O)c1ccc(C#Cc2ccc3c(cnn3CC[C@](C)(C(=O)NO)S(C)(=O)=O)c2)cc1. The molecule has 3 rings (SSSR count). The number of aliphatic hydroxyl groups is 1. The van der Waals surface area contributed by atoms with Crippen molar-refractivity contribution in [2.75, 3.05) is 6.26 Å². The lowest BCUT2D eigenvalue weighted by molar-refractivity contribution is -0.131. The summed E-state index contributed by atoms with van der Waals surface area (Å²) < 4.78 is 24.1. The number of amides is 1. The first-order valence-electron chi connectivity index (χ1n) is 10.3. The molecule has 1 aromatic heterocycles. The normalized spacial score (nSPS) is 13.8. The first kappa shape index (κ1) is 24.5. The van der Waals surface area contributed by atoms with Crippen molar-refractivity contribution in [3.05, 3.63) is 65.4 Å². The van der Waals surface area contributed by atoms with Crippen molar-refractivity contribution < 1.29 is 23.5 Å². The van der Waals surface area contributed by atoms with E-state index in [1.807, 2.05) is 42.5 Å². The van der Waals surface area contributed by atoms with Crippen molar-refractivity contribution >= 4 is 26.6 Å². The summed E-state index contributed by atoms with van der Waals surface area (Å²) in [7, 11) is -3.78. The van der Waals surface area contributed by atoms with E-state index >= 15 is 0 Å². The van der Waals surface area contributed by atoms with Gasteiger partial charge < -0.3 is 5.11 Å². The Morgan fingerprint density at radius 3 is 2.27 bits per heavy atom. The fourth-order valence-electron chi connectivity index (χ4n) is 3.35. The molecule has 0 unspecified atom stereocenters. The molecule has 1 heterocycles. The summed E-state index contributed by atoms with van der Waals surface area (Å²) in [6.45, 7) is 4.90. The van der Waals surface area contributed by atoms with Gasteiger partial charge in [0.15, 0.2) is 14.6 Å². The van der Waals surface area contributed by atoms with Crippen LogP contribution in [0.2, 0.25) is 0 Å². The van der Waals surface area contributed by atoms with E-state index in [0.29, 0.717) is 0 Å². The molecule has 0 spiro atoms. The number of fused-ring (bicyclic) bond motifs is 1. The van der Waals surface area contributed by atoms with Gasteiger partial charge in [0.1, 0.15) is 0 Å². The third-order valence-corrected chi connectivity index (χ3v) is 7.81. The number of carbonyl (C=O) groups excluding carboxylic acids is 1. The number of aryl methyl sites for hydroxylation is 1. The zero-order chi connectivity index (χ0) is 24.4. The lowest BCUT2D eigenvalue weighted by Crippen LogP contribution is -2.49. The van der Waals surface area contributed by atoms with Crippen LogP contribution < -0.4 is 5.48 Å². The molecule has 3 N–H and O–H groups in total. The molecule has 0 bridgehead atoms. The standard InChI is InChI=1S/C24H27N3O5S/c1-23(2,29)20-10-7-17(8-11-20)5-6-18-9-12-21-19(15-18)16-25-27(21)14-13-24(3,22(28)26-30)33(4,31)32/h7-12,15-16,29-30H,13-14H2,1-4H3,(H,26,28)/t24-/m1/s1. The summed E-state index contributed by atoms with van der Waals surface area (Å²) >= 11 is 0. The van der Waals surface area contributed by atoms with Crippen molar-refractivity contribution in [2.24, 2.45) is 0 Å². The Morgan fingerprint density at radius 2 is 1.70 bits per heavy atom. The molecule has 174 valence electrons. The number of hydrogen-bond donors (Lipinski definition) is 3. The summed E-state index contributed by atoms with van der Waals surface area (Å²) in [5.74, 6) is 5.23. The number of nitrogens with one attached hydrogen (secondary N) is 1. The third kappa shape index (κ3) is 5.25. The van der Waals surface area contributed by atoms with Crippen LogP contribution in [0.15, 0.2) is 48.7 Å². The predicted molar refractivity (Wildman–Crippen MR) is 125 cm³/mol. The highest BCUT2D eigenvalue weighted by Crippen LogP contribution is 2.24. The van der Waals surface area contributed by atoms with Crippen LogP contribution >= 0.6 is 0 Å². The van der Waals surface area contributed by atoms with Gasteiger partial charge in [-0.25, -0.2) is 13.9 Å². The first-order valence-corrected chi connectivity index (χ1v) is 12.2. The van der Waals surface area contributed by atoms with Crippen LogP contribution in [0.3, 0.4) is 0 Å². The van der Waals surface area contributed by atoms with Crippen LogP contribution in [0, 0.1) is 11.8 Å². The highest BCUT2D eigenvalue weighted by Gasteiger charge is 2.43. The molecule has 0 aliphatic carbocycles. The molecule has 2 aromatic carbocycles. The van der Waals surface area contributed by atoms with Crippen molar-refractivity contribution in [3.8, 4) is 11.8 Å². The molecular formula is C24H27N3O5S. The number of nitrogens with zero attached hydrogens (tertiary/aromatic N) is 2. The molecule has 0 saturated heterocycles. The van der Waals surface area contributed by atoms with Crippen LogP contribution in [0.25, 0.3) is 10.9 Å². The van der Waals surface area contributed by atoms with E-state index in [2.05, 4.69) is 16.9 Å². The number of carbonyl (C=O) groups is 1. The summed E-state index contributed by atoms with van der Waals surface area (Å²) in [5.41, 5.74) is 3.73. The number of sulfone groups is 1. The van der Waals surface area contributed by atoms with Gasteiger partial charge in [0.25, 0.3) is 5.91 Å². The van der Waals surface area contributed by atoms with Gasteiger partial charge >= 0.3 is 0 Å². The maximum atomic E-state index is 12.1. The van der Waals surface area contributed by atoms with E-state index in [1.54, 1.807) is 24.7 Å². The van der Waals surface area contributed by atoms with E-state index in [4.69, 9.17) is 5.21 Å². The number of rotatable bonds is 6. The minimum Gasteiger partial charge on any atom is -0.386 e. The Labute approximate surface area is 193 Å². The van der Waals surface area contributed by atoms with Gasteiger partial charge in [0.2, 0.25) is 0 Å². The van der Waals surface area contributed by atoms with Gasteiger partial charge in [-0.2, -0.15) is 5.10 Å². The summed E-state index contributed by atoms with van der Waals surface area (Å²) in [6.07, 6.45) is 2.56. The van der Waals surface area contributed by atoms with Crippen LogP contribution in [0.5, 0.6) is 0 Å². The molecule has 9 heteroatoms. The predicted octanol–water partition coefficient (Wildman–Crippen LogP) is 2.36. The van der Waals surface area contributed by atoms with Crippen LogP contribution in [-0.4, -0.2) is 45.4 Å². The summed E-state index contributed by atoms with van der Waals surface area (Å²) in [5, 5.41) is 24.2. The number of benzene rings is 2. The second kappa shape index (κ2) is 8.98. The van der Waals surface area contributed by atoms with Crippen LogP contribution in [-0.2, 0) is 26.8 Å².